The molecule has 0 fully saturated rings. The van der Waals surface area contributed by atoms with Crippen LogP contribution in [0.2, 0.25) is 0 Å². The number of nitriles is 1. The van der Waals surface area contributed by atoms with Crippen molar-refractivity contribution >= 4 is 16.0 Å². The second-order valence-corrected chi connectivity index (χ2v) is 9.44. The number of carbonyl (C=O) groups excluding carboxylic acids is 1. The molecule has 4 rings (SSSR count). The van der Waals surface area contributed by atoms with Crippen molar-refractivity contribution in [1.29, 1.82) is 5.26 Å². The number of hydrogen-bond acceptors (Lipinski definition) is 6. The first-order valence-electron chi connectivity index (χ1n) is 10.4. The van der Waals surface area contributed by atoms with E-state index in [-0.39, 0.29) is 23.7 Å². The molecule has 0 spiro atoms. The van der Waals surface area contributed by atoms with Crippen molar-refractivity contribution in [2.45, 2.75) is 17.9 Å². The van der Waals surface area contributed by atoms with Gasteiger partial charge in [-0.05, 0) is 60.0 Å². The Hall–Kier alpha value is -3.67. The van der Waals surface area contributed by atoms with Crippen LogP contribution in [-0.4, -0.2) is 38.5 Å². The molecule has 0 aliphatic carbocycles. The monoisotopic (exact) mass is 462 g/mol. The van der Waals surface area contributed by atoms with E-state index in [0.29, 0.717) is 30.8 Å². The van der Waals surface area contributed by atoms with Crippen LogP contribution in [0.5, 0.6) is 5.75 Å². The van der Waals surface area contributed by atoms with Gasteiger partial charge in [0.25, 0.3) is 0 Å². The standard InChI is InChI=1S/C25H22N2O5S/c26-17-19-8-10-23(11-9-19)31-14-15-32-25(28)21-6-3-7-24(16-21)33(29,30)27-13-12-20-4-1-2-5-22(20)18-27/h1-11,16H,12-15,18H2. The average molecular weight is 463 g/mol. The highest BCUT2D eigenvalue weighted by atomic mass is 32.2. The summed E-state index contributed by atoms with van der Waals surface area (Å²) in [5.41, 5.74) is 2.83. The van der Waals surface area contributed by atoms with Crippen LogP contribution >= 0.6 is 0 Å². The summed E-state index contributed by atoms with van der Waals surface area (Å²) in [5.74, 6) is -0.0688. The lowest BCUT2D eigenvalue weighted by Gasteiger charge is -2.28. The van der Waals surface area contributed by atoms with Crippen molar-refractivity contribution in [3.8, 4) is 11.8 Å². The number of fused-ring (bicyclic) bond motifs is 1. The van der Waals surface area contributed by atoms with E-state index in [0.717, 1.165) is 11.1 Å². The number of esters is 1. The summed E-state index contributed by atoms with van der Waals surface area (Å²) in [4.78, 5) is 12.5. The van der Waals surface area contributed by atoms with Gasteiger partial charge in [-0.3, -0.25) is 0 Å². The van der Waals surface area contributed by atoms with Gasteiger partial charge in [0.2, 0.25) is 10.0 Å². The molecule has 1 heterocycles. The lowest BCUT2D eigenvalue weighted by molar-refractivity contribution is 0.0450. The Balaban J connectivity index is 1.36. The van der Waals surface area contributed by atoms with Crippen molar-refractivity contribution in [3.05, 3.63) is 95.1 Å². The minimum Gasteiger partial charge on any atom is -0.490 e. The first-order valence-corrected chi connectivity index (χ1v) is 11.9. The number of hydrogen-bond donors (Lipinski definition) is 0. The average Bonchev–Trinajstić information content (AvgIpc) is 2.86. The Morgan fingerprint density at radius 1 is 0.970 bits per heavy atom. The van der Waals surface area contributed by atoms with Crippen molar-refractivity contribution in [1.82, 2.24) is 4.31 Å². The van der Waals surface area contributed by atoms with E-state index in [2.05, 4.69) is 0 Å². The van der Waals surface area contributed by atoms with Crippen molar-refractivity contribution < 1.29 is 22.7 Å². The summed E-state index contributed by atoms with van der Waals surface area (Å²) in [6, 6.07) is 22.3. The molecule has 3 aromatic carbocycles. The van der Waals surface area contributed by atoms with Gasteiger partial charge in [-0.15, -0.1) is 0 Å². The number of rotatable bonds is 7. The molecular formula is C25H22N2O5S. The highest BCUT2D eigenvalue weighted by Gasteiger charge is 2.28. The van der Waals surface area contributed by atoms with Crippen LogP contribution in [0, 0.1) is 11.3 Å². The third-order valence-corrected chi connectivity index (χ3v) is 7.21. The van der Waals surface area contributed by atoms with Gasteiger partial charge < -0.3 is 9.47 Å². The van der Waals surface area contributed by atoms with E-state index in [1.165, 1.54) is 28.6 Å². The first kappa shape index (κ1) is 22.5. The number of sulfonamides is 1. The zero-order chi connectivity index (χ0) is 23.3. The van der Waals surface area contributed by atoms with E-state index in [4.69, 9.17) is 14.7 Å². The SMILES string of the molecule is N#Cc1ccc(OCCOC(=O)c2cccc(S(=O)(=O)N3CCc4ccccc4C3)c2)cc1. The minimum absolute atomic E-state index is 0.00127. The number of nitrogens with zero attached hydrogens (tertiary/aromatic N) is 2. The van der Waals surface area contributed by atoms with Crippen LogP contribution < -0.4 is 4.74 Å². The van der Waals surface area contributed by atoms with Gasteiger partial charge in [-0.2, -0.15) is 9.57 Å². The maximum atomic E-state index is 13.2. The molecule has 168 valence electrons. The van der Waals surface area contributed by atoms with Crippen LogP contribution in [0.25, 0.3) is 0 Å². The highest BCUT2D eigenvalue weighted by Crippen LogP contribution is 2.25. The fourth-order valence-corrected chi connectivity index (χ4v) is 5.08. The zero-order valence-corrected chi connectivity index (χ0v) is 18.6. The molecule has 8 heteroatoms. The van der Waals surface area contributed by atoms with Gasteiger partial charge in [0.1, 0.15) is 19.0 Å². The molecule has 0 bridgehead atoms. The van der Waals surface area contributed by atoms with E-state index in [1.807, 2.05) is 30.3 Å². The van der Waals surface area contributed by atoms with Crippen LogP contribution in [0.15, 0.2) is 77.7 Å². The largest absolute Gasteiger partial charge is 0.490 e. The maximum Gasteiger partial charge on any atom is 0.338 e. The molecule has 3 aromatic rings. The van der Waals surface area contributed by atoms with Gasteiger partial charge in [-0.1, -0.05) is 30.3 Å². The second-order valence-electron chi connectivity index (χ2n) is 7.51. The molecule has 1 aliphatic rings. The van der Waals surface area contributed by atoms with Crippen LogP contribution in [0.3, 0.4) is 0 Å². The minimum atomic E-state index is -3.75. The maximum absolute atomic E-state index is 13.2. The molecular weight excluding hydrogens is 440 g/mol. The van der Waals surface area contributed by atoms with E-state index < -0.39 is 16.0 Å². The normalized spacial score (nSPS) is 13.5. The zero-order valence-electron chi connectivity index (χ0n) is 17.8. The molecule has 0 saturated heterocycles. The molecule has 7 nitrogen and oxygen atoms in total. The molecule has 1 aliphatic heterocycles. The van der Waals surface area contributed by atoms with Crippen LogP contribution in [0.1, 0.15) is 27.0 Å². The summed E-state index contributed by atoms with van der Waals surface area (Å²) in [7, 11) is -3.75. The Kier molecular flexibility index (Phi) is 6.73. The molecule has 0 unspecified atom stereocenters. The Morgan fingerprint density at radius 2 is 1.73 bits per heavy atom. The van der Waals surface area contributed by atoms with Gasteiger partial charge in [-0.25, -0.2) is 13.2 Å². The first-order chi connectivity index (χ1) is 16.0. The molecule has 0 amide bonds. The summed E-state index contributed by atoms with van der Waals surface area (Å²) in [6.45, 7) is 0.822. The van der Waals surface area contributed by atoms with E-state index >= 15 is 0 Å². The third kappa shape index (κ3) is 5.22. The molecule has 0 N–H and O–H groups in total. The Bertz CT molecular complexity index is 1300. The topological polar surface area (TPSA) is 96.7 Å². The quantitative estimate of drug-likeness (QED) is 0.394. The predicted molar refractivity (Wildman–Crippen MR) is 121 cm³/mol. The summed E-state index contributed by atoms with van der Waals surface area (Å²) in [6.07, 6.45) is 0.649. The third-order valence-electron chi connectivity index (χ3n) is 5.37. The Labute approximate surface area is 192 Å². The second kappa shape index (κ2) is 9.86. The van der Waals surface area contributed by atoms with E-state index in [1.54, 1.807) is 24.3 Å². The lowest BCUT2D eigenvalue weighted by Crippen LogP contribution is -2.36. The van der Waals surface area contributed by atoms with Crippen LogP contribution in [-0.2, 0) is 27.7 Å². The molecule has 0 radical (unpaired) electrons. The fraction of sp³-hybridized carbons (Fsp3) is 0.200. The van der Waals surface area contributed by atoms with Crippen LogP contribution in [0.4, 0.5) is 0 Å². The smallest absolute Gasteiger partial charge is 0.338 e. The summed E-state index contributed by atoms with van der Waals surface area (Å²) < 4.78 is 38.5. The van der Waals surface area contributed by atoms with E-state index in [9.17, 15) is 13.2 Å². The summed E-state index contributed by atoms with van der Waals surface area (Å²) >= 11 is 0. The highest BCUT2D eigenvalue weighted by molar-refractivity contribution is 7.89. The fourth-order valence-electron chi connectivity index (χ4n) is 3.61. The molecule has 0 saturated carbocycles. The van der Waals surface area contributed by atoms with Gasteiger partial charge in [0.05, 0.1) is 22.1 Å². The summed E-state index contributed by atoms with van der Waals surface area (Å²) in [5, 5.41) is 8.81. The number of benzene rings is 3. The van der Waals surface area contributed by atoms with Gasteiger partial charge in [0, 0.05) is 13.1 Å². The number of ether oxygens (including phenoxy) is 2. The van der Waals surface area contributed by atoms with Crippen molar-refractivity contribution in [3.63, 3.8) is 0 Å². The predicted octanol–water partition coefficient (Wildman–Crippen LogP) is 3.54. The van der Waals surface area contributed by atoms with Gasteiger partial charge in [0.15, 0.2) is 0 Å². The molecule has 0 atom stereocenters. The Morgan fingerprint density at radius 3 is 2.48 bits per heavy atom. The lowest BCUT2D eigenvalue weighted by atomic mass is 10.0. The van der Waals surface area contributed by atoms with Crippen molar-refractivity contribution in [2.24, 2.45) is 0 Å². The molecule has 0 aromatic heterocycles. The molecule has 33 heavy (non-hydrogen) atoms. The van der Waals surface area contributed by atoms with Gasteiger partial charge >= 0.3 is 5.97 Å². The van der Waals surface area contributed by atoms with Crippen molar-refractivity contribution in [2.75, 3.05) is 19.8 Å². The number of carbonyl (C=O) groups is 1.